The van der Waals surface area contributed by atoms with Crippen molar-refractivity contribution in [2.45, 2.75) is 25.7 Å². The molecule has 0 saturated carbocycles. The number of hydrogen-bond donors (Lipinski definition) is 2. The first kappa shape index (κ1) is 24.0. The van der Waals surface area contributed by atoms with Crippen molar-refractivity contribution in [3.63, 3.8) is 0 Å². The summed E-state index contributed by atoms with van der Waals surface area (Å²) in [6, 6.07) is 16.1. The first-order valence-corrected chi connectivity index (χ1v) is 11.9. The van der Waals surface area contributed by atoms with Gasteiger partial charge in [-0.05, 0) is 67.9 Å². The molecule has 0 unspecified atom stereocenters. The summed E-state index contributed by atoms with van der Waals surface area (Å²) in [6.45, 7) is 2.19. The molecule has 174 valence electrons. The molecule has 2 aromatic carbocycles. The zero-order valence-corrected chi connectivity index (χ0v) is 20.0. The van der Waals surface area contributed by atoms with Crippen molar-refractivity contribution in [2.75, 3.05) is 30.3 Å². The smallest absolute Gasteiger partial charge is 0.239 e. The van der Waals surface area contributed by atoms with Gasteiger partial charge in [0.2, 0.25) is 11.9 Å². The van der Waals surface area contributed by atoms with Crippen molar-refractivity contribution in [3.05, 3.63) is 75.4 Å². The predicted molar refractivity (Wildman–Crippen MR) is 135 cm³/mol. The average molecular weight is 495 g/mol. The zero-order valence-electron chi connectivity index (χ0n) is 18.5. The molecule has 9 heteroatoms. The molecule has 0 atom stereocenters. The number of amides is 1. The normalized spacial score (nSPS) is 13.8. The summed E-state index contributed by atoms with van der Waals surface area (Å²) in [7, 11) is 0. The average Bonchev–Trinajstić information content (AvgIpc) is 2.82. The first-order chi connectivity index (χ1) is 16.5. The molecular formula is C25H24Cl2N6O. The second kappa shape index (κ2) is 11.3. The van der Waals surface area contributed by atoms with E-state index in [2.05, 4.69) is 31.6 Å². The maximum atomic E-state index is 12.7. The quantitative estimate of drug-likeness (QED) is 0.455. The van der Waals surface area contributed by atoms with Crippen molar-refractivity contribution < 1.29 is 4.79 Å². The molecular weight excluding hydrogens is 471 g/mol. The molecule has 1 aromatic heterocycles. The van der Waals surface area contributed by atoms with Gasteiger partial charge >= 0.3 is 0 Å². The van der Waals surface area contributed by atoms with Crippen molar-refractivity contribution in [1.82, 2.24) is 14.9 Å². The lowest BCUT2D eigenvalue weighted by Crippen LogP contribution is -2.37. The zero-order chi connectivity index (χ0) is 23.9. The molecule has 0 aliphatic carbocycles. The Morgan fingerprint density at radius 3 is 2.41 bits per heavy atom. The lowest BCUT2D eigenvalue weighted by Gasteiger charge is -2.25. The van der Waals surface area contributed by atoms with E-state index in [1.165, 1.54) is 6.42 Å². The van der Waals surface area contributed by atoms with Crippen LogP contribution in [0.5, 0.6) is 0 Å². The minimum absolute atomic E-state index is 0.119. The Bertz CT molecular complexity index is 1180. The van der Waals surface area contributed by atoms with E-state index in [1.807, 2.05) is 0 Å². The van der Waals surface area contributed by atoms with E-state index in [9.17, 15) is 4.79 Å². The fourth-order valence-corrected chi connectivity index (χ4v) is 4.38. The molecule has 1 aliphatic rings. The highest BCUT2D eigenvalue weighted by Gasteiger charge is 2.16. The number of carbonyl (C=O) groups is 1. The number of benzene rings is 2. The second-order valence-corrected chi connectivity index (χ2v) is 8.96. The molecule has 0 bridgehead atoms. The molecule has 2 N–H and O–H groups in total. The van der Waals surface area contributed by atoms with Gasteiger partial charge in [-0.2, -0.15) is 10.2 Å². The lowest BCUT2D eigenvalue weighted by atomic mass is 10.1. The molecule has 1 saturated heterocycles. The summed E-state index contributed by atoms with van der Waals surface area (Å²) in [5, 5.41) is 16.2. The van der Waals surface area contributed by atoms with E-state index in [0.717, 1.165) is 37.2 Å². The highest BCUT2D eigenvalue weighted by molar-refractivity contribution is 6.36. The summed E-state index contributed by atoms with van der Waals surface area (Å²) in [6.07, 6.45) is 3.81. The van der Waals surface area contributed by atoms with Gasteiger partial charge in [0.15, 0.2) is 0 Å². The third-order valence-corrected chi connectivity index (χ3v) is 6.26. The Morgan fingerprint density at radius 1 is 1.03 bits per heavy atom. The van der Waals surface area contributed by atoms with Crippen molar-refractivity contribution >= 4 is 46.6 Å². The monoisotopic (exact) mass is 494 g/mol. The standard InChI is InChI=1S/C25H24Cl2N6O/c26-21-5-4-6-22(27)20(21)13-19-14-23(31-24(34)16-33-11-2-1-3-12-33)32-25(30-19)29-18-9-7-17(15-28)8-10-18/h4-10,14H,1-3,11-13,16H2,(H2,29,30,31,32,34). The van der Waals surface area contributed by atoms with Gasteiger partial charge in [0.25, 0.3) is 0 Å². The molecule has 1 amide bonds. The predicted octanol–water partition coefficient (Wildman–Crippen LogP) is 5.41. The van der Waals surface area contributed by atoms with Crippen LogP contribution >= 0.6 is 23.2 Å². The SMILES string of the molecule is N#Cc1ccc(Nc2nc(Cc3c(Cl)cccc3Cl)cc(NC(=O)CN3CCCCC3)n2)cc1. The fraction of sp³-hybridized carbons (Fsp3) is 0.280. The maximum Gasteiger partial charge on any atom is 0.239 e. The van der Waals surface area contributed by atoms with E-state index in [1.54, 1.807) is 48.5 Å². The van der Waals surface area contributed by atoms with E-state index < -0.39 is 0 Å². The van der Waals surface area contributed by atoms with Gasteiger partial charge < -0.3 is 10.6 Å². The second-order valence-electron chi connectivity index (χ2n) is 8.14. The van der Waals surface area contributed by atoms with Crippen LogP contribution < -0.4 is 10.6 Å². The fourth-order valence-electron chi connectivity index (χ4n) is 3.85. The molecule has 34 heavy (non-hydrogen) atoms. The van der Waals surface area contributed by atoms with Crippen LogP contribution in [-0.2, 0) is 11.2 Å². The molecule has 1 fully saturated rings. The van der Waals surface area contributed by atoms with Crippen LogP contribution in [0.4, 0.5) is 17.5 Å². The summed E-state index contributed by atoms with van der Waals surface area (Å²) < 4.78 is 0. The molecule has 3 aromatic rings. The van der Waals surface area contributed by atoms with Crippen molar-refractivity contribution in [2.24, 2.45) is 0 Å². The molecule has 0 radical (unpaired) electrons. The van der Waals surface area contributed by atoms with Gasteiger partial charge in [-0.1, -0.05) is 35.7 Å². The minimum atomic E-state index is -0.119. The van der Waals surface area contributed by atoms with Crippen LogP contribution in [0, 0.1) is 11.3 Å². The highest BCUT2D eigenvalue weighted by Crippen LogP contribution is 2.27. The van der Waals surface area contributed by atoms with Gasteiger partial charge in [0, 0.05) is 28.2 Å². The van der Waals surface area contributed by atoms with Crippen LogP contribution in [0.25, 0.3) is 0 Å². The van der Waals surface area contributed by atoms with E-state index >= 15 is 0 Å². The maximum absolute atomic E-state index is 12.7. The Kier molecular flexibility index (Phi) is 7.96. The number of carbonyl (C=O) groups excluding carboxylic acids is 1. The summed E-state index contributed by atoms with van der Waals surface area (Å²) in [5.41, 5.74) is 2.67. The number of aromatic nitrogens is 2. The van der Waals surface area contributed by atoms with Crippen molar-refractivity contribution in [3.8, 4) is 6.07 Å². The number of piperidine rings is 1. The number of anilines is 3. The van der Waals surface area contributed by atoms with Crippen molar-refractivity contribution in [1.29, 1.82) is 5.26 Å². The van der Waals surface area contributed by atoms with Gasteiger partial charge in [-0.15, -0.1) is 0 Å². The molecule has 2 heterocycles. The number of halogens is 2. The van der Waals surface area contributed by atoms with Crippen LogP contribution in [0.1, 0.15) is 36.1 Å². The Labute approximate surface area is 208 Å². The Balaban J connectivity index is 1.58. The van der Waals surface area contributed by atoms with Gasteiger partial charge in [0.1, 0.15) is 5.82 Å². The molecule has 0 spiro atoms. The minimum Gasteiger partial charge on any atom is -0.324 e. The summed E-state index contributed by atoms with van der Waals surface area (Å²) in [4.78, 5) is 23.9. The Morgan fingerprint density at radius 2 is 1.74 bits per heavy atom. The highest BCUT2D eigenvalue weighted by atomic mass is 35.5. The molecule has 4 rings (SSSR count). The van der Waals surface area contributed by atoms with Crippen LogP contribution in [-0.4, -0.2) is 40.4 Å². The van der Waals surface area contributed by atoms with E-state index in [4.69, 9.17) is 28.5 Å². The summed E-state index contributed by atoms with van der Waals surface area (Å²) in [5.74, 6) is 0.594. The number of nitrogens with zero attached hydrogens (tertiary/aromatic N) is 4. The van der Waals surface area contributed by atoms with Crippen LogP contribution in [0.2, 0.25) is 10.0 Å². The van der Waals surface area contributed by atoms with E-state index in [0.29, 0.717) is 46.0 Å². The van der Waals surface area contributed by atoms with Gasteiger partial charge in [0.05, 0.1) is 23.9 Å². The molecule has 1 aliphatic heterocycles. The number of nitriles is 1. The number of hydrogen-bond acceptors (Lipinski definition) is 6. The number of nitrogens with one attached hydrogen (secondary N) is 2. The van der Waals surface area contributed by atoms with Gasteiger partial charge in [-0.3, -0.25) is 9.69 Å². The van der Waals surface area contributed by atoms with E-state index in [-0.39, 0.29) is 5.91 Å². The largest absolute Gasteiger partial charge is 0.324 e. The third kappa shape index (κ3) is 6.45. The van der Waals surface area contributed by atoms with Gasteiger partial charge in [-0.25, -0.2) is 4.98 Å². The number of likely N-dealkylation sites (tertiary alicyclic amines) is 1. The van der Waals surface area contributed by atoms with Crippen LogP contribution in [0.3, 0.4) is 0 Å². The third-order valence-electron chi connectivity index (χ3n) is 5.55. The Hall–Kier alpha value is -3.18. The number of rotatable bonds is 7. The van der Waals surface area contributed by atoms with Crippen LogP contribution in [0.15, 0.2) is 48.5 Å². The first-order valence-electron chi connectivity index (χ1n) is 11.1. The topological polar surface area (TPSA) is 93.9 Å². The summed E-state index contributed by atoms with van der Waals surface area (Å²) >= 11 is 12.7. The molecule has 7 nitrogen and oxygen atoms in total. The lowest BCUT2D eigenvalue weighted by molar-refractivity contribution is -0.117.